The number of nitrogens with zero attached hydrogens (tertiary/aromatic N) is 3. The zero-order valence-electron chi connectivity index (χ0n) is 18.1. The van der Waals surface area contributed by atoms with Gasteiger partial charge in [-0.05, 0) is 76.4 Å². The first kappa shape index (κ1) is 25.3. The summed E-state index contributed by atoms with van der Waals surface area (Å²) in [6, 6.07) is 17.2. The number of aromatic nitrogens is 2. The van der Waals surface area contributed by atoms with Crippen molar-refractivity contribution in [3.05, 3.63) is 99.8 Å². The number of hydrogen-bond donors (Lipinski definition) is 0. The van der Waals surface area contributed by atoms with Gasteiger partial charge >= 0.3 is 0 Å². The molecule has 0 unspecified atom stereocenters. The van der Waals surface area contributed by atoms with E-state index in [2.05, 4.69) is 80.7 Å². The highest BCUT2D eigenvalue weighted by Crippen LogP contribution is 2.28. The third-order valence-electron chi connectivity index (χ3n) is 5.03. The lowest BCUT2D eigenvalue weighted by atomic mass is 10.2. The van der Waals surface area contributed by atoms with Gasteiger partial charge < -0.3 is 4.74 Å². The van der Waals surface area contributed by atoms with Gasteiger partial charge in [0.2, 0.25) is 0 Å². The molecule has 4 aromatic rings. The number of ether oxygens (including phenoxy) is 1. The summed E-state index contributed by atoms with van der Waals surface area (Å²) >= 11 is 14.0. The molecule has 4 rings (SSSR count). The summed E-state index contributed by atoms with van der Waals surface area (Å²) in [4.78, 5) is 17.8. The molecule has 1 aromatic heterocycles. The predicted octanol–water partition coefficient (Wildman–Crippen LogP) is 7.86. The number of hydrogen-bond acceptors (Lipinski definition) is 4. The Hall–Kier alpha value is -1.81. The Morgan fingerprint density at radius 2 is 1.74 bits per heavy atom. The molecule has 0 saturated carbocycles. The first-order valence-corrected chi connectivity index (χ1v) is 13.6. The van der Waals surface area contributed by atoms with Gasteiger partial charge in [-0.3, -0.25) is 4.79 Å². The average molecular weight is 713 g/mol. The minimum absolute atomic E-state index is 0.190. The van der Waals surface area contributed by atoms with E-state index in [1.807, 2.05) is 48.5 Å². The van der Waals surface area contributed by atoms with Gasteiger partial charge in [0.1, 0.15) is 18.2 Å². The van der Waals surface area contributed by atoms with Crippen LogP contribution < -0.4 is 10.3 Å². The molecule has 9 heteroatoms. The van der Waals surface area contributed by atoms with Crippen LogP contribution >= 0.6 is 63.7 Å². The first-order valence-electron chi connectivity index (χ1n) is 10.5. The van der Waals surface area contributed by atoms with Crippen LogP contribution in [0.1, 0.15) is 30.3 Å². The number of fused-ring (bicyclic) bond motifs is 1. The van der Waals surface area contributed by atoms with Crippen LogP contribution in [-0.2, 0) is 13.0 Å². The molecule has 3 aromatic carbocycles. The largest absolute Gasteiger partial charge is 0.488 e. The fourth-order valence-electron chi connectivity index (χ4n) is 3.33. The number of benzene rings is 3. The van der Waals surface area contributed by atoms with Crippen molar-refractivity contribution in [1.29, 1.82) is 0 Å². The maximum atomic E-state index is 13.1. The van der Waals surface area contributed by atoms with Crippen LogP contribution in [0.3, 0.4) is 0 Å². The van der Waals surface area contributed by atoms with Crippen LogP contribution in [0.2, 0.25) is 0 Å². The number of aryl methyl sites for hydroxylation is 1. The van der Waals surface area contributed by atoms with Crippen molar-refractivity contribution in [2.45, 2.75) is 26.4 Å². The lowest BCUT2D eigenvalue weighted by Crippen LogP contribution is -2.22. The quantitative estimate of drug-likeness (QED) is 0.184. The minimum Gasteiger partial charge on any atom is -0.488 e. The predicted molar refractivity (Wildman–Crippen MR) is 151 cm³/mol. The second kappa shape index (κ2) is 11.3. The van der Waals surface area contributed by atoms with E-state index in [1.54, 1.807) is 12.3 Å². The van der Waals surface area contributed by atoms with Gasteiger partial charge in [0.05, 0.1) is 21.6 Å². The lowest BCUT2D eigenvalue weighted by molar-refractivity contribution is 0.303. The van der Waals surface area contributed by atoms with E-state index in [4.69, 9.17) is 4.74 Å². The Labute approximate surface area is 230 Å². The van der Waals surface area contributed by atoms with Crippen LogP contribution in [0.4, 0.5) is 0 Å². The van der Waals surface area contributed by atoms with E-state index >= 15 is 0 Å². The Morgan fingerprint density at radius 1 is 0.971 bits per heavy atom. The first-order chi connectivity index (χ1) is 16.4. The number of halogens is 4. The summed E-state index contributed by atoms with van der Waals surface area (Å²) in [5.74, 6) is 1.35. The molecule has 0 saturated heterocycles. The summed E-state index contributed by atoms with van der Waals surface area (Å²) in [6.07, 6.45) is 3.17. The molecule has 0 aliphatic heterocycles. The van der Waals surface area contributed by atoms with Crippen LogP contribution in [0, 0.1) is 0 Å². The molecule has 0 aliphatic carbocycles. The average Bonchev–Trinajstić information content (AvgIpc) is 2.80. The van der Waals surface area contributed by atoms with Crippen LogP contribution in [0.5, 0.6) is 5.75 Å². The van der Waals surface area contributed by atoms with Crippen LogP contribution in [0.15, 0.2) is 82.4 Å². The smallest absolute Gasteiger partial charge is 0.282 e. The van der Waals surface area contributed by atoms with Gasteiger partial charge in [0.15, 0.2) is 0 Å². The zero-order valence-corrected chi connectivity index (χ0v) is 24.4. The normalized spacial score (nSPS) is 11.4. The molecule has 0 bridgehead atoms. The molecule has 5 nitrogen and oxygen atoms in total. The van der Waals surface area contributed by atoms with E-state index in [-0.39, 0.29) is 5.56 Å². The molecule has 0 spiro atoms. The molecule has 0 radical (unpaired) electrons. The highest BCUT2D eigenvalue weighted by Gasteiger charge is 2.11. The van der Waals surface area contributed by atoms with Gasteiger partial charge in [-0.2, -0.15) is 9.78 Å². The topological polar surface area (TPSA) is 56.5 Å². The summed E-state index contributed by atoms with van der Waals surface area (Å²) in [5, 5.41) is 5.01. The third-order valence-corrected chi connectivity index (χ3v) is 7.37. The van der Waals surface area contributed by atoms with Gasteiger partial charge in [0, 0.05) is 25.4 Å². The fraction of sp³-hybridized carbons (Fsp3) is 0.160. The van der Waals surface area contributed by atoms with E-state index < -0.39 is 0 Å². The summed E-state index contributed by atoms with van der Waals surface area (Å²) in [5.41, 5.74) is 2.35. The lowest BCUT2D eigenvalue weighted by Gasteiger charge is -2.11. The Kier molecular flexibility index (Phi) is 8.39. The van der Waals surface area contributed by atoms with E-state index in [0.29, 0.717) is 35.5 Å². The molecule has 0 amide bonds. The Bertz CT molecular complexity index is 1450. The second-order valence-corrected chi connectivity index (χ2v) is 11.1. The molecule has 0 fully saturated rings. The van der Waals surface area contributed by atoms with Crippen molar-refractivity contribution >= 4 is 80.8 Å². The van der Waals surface area contributed by atoms with E-state index in [0.717, 1.165) is 35.4 Å². The highest BCUT2D eigenvalue weighted by atomic mass is 79.9. The van der Waals surface area contributed by atoms with Gasteiger partial charge in [-0.25, -0.2) is 4.98 Å². The Morgan fingerprint density at radius 3 is 2.47 bits per heavy atom. The highest BCUT2D eigenvalue weighted by molar-refractivity contribution is 9.11. The maximum Gasteiger partial charge on any atom is 0.282 e. The summed E-state index contributed by atoms with van der Waals surface area (Å²) in [6.45, 7) is 2.47. The van der Waals surface area contributed by atoms with Crippen molar-refractivity contribution in [3.63, 3.8) is 0 Å². The van der Waals surface area contributed by atoms with E-state index in [9.17, 15) is 4.79 Å². The van der Waals surface area contributed by atoms with Crippen molar-refractivity contribution in [2.75, 3.05) is 0 Å². The SMILES string of the molecule is CCCc1nc2ccc(Br)cc2c(=O)n1N=Cc1ccc(OCc2ccc(Br)cc2Br)c(Br)c1. The molecule has 0 aliphatic rings. The summed E-state index contributed by atoms with van der Waals surface area (Å²) < 4.78 is 11.0. The molecule has 1 heterocycles. The third kappa shape index (κ3) is 5.87. The second-order valence-electron chi connectivity index (χ2n) is 7.52. The van der Waals surface area contributed by atoms with Gasteiger partial charge in [0.25, 0.3) is 5.56 Å². The maximum absolute atomic E-state index is 13.1. The van der Waals surface area contributed by atoms with Gasteiger partial charge in [-0.15, -0.1) is 0 Å². The molecule has 174 valence electrons. The fourth-order valence-corrected chi connectivity index (χ4v) is 5.37. The Balaban J connectivity index is 1.59. The van der Waals surface area contributed by atoms with Crippen LogP contribution in [-0.4, -0.2) is 15.9 Å². The standard InChI is InChI=1S/C25H19Br4N3O2/c1-2-3-24-31-22-8-7-17(26)11-19(22)25(33)32(24)30-13-15-4-9-23(21(29)10-15)34-14-16-5-6-18(27)12-20(16)28/h4-13H,2-3,14H2,1H3. The van der Waals surface area contributed by atoms with E-state index in [1.165, 1.54) is 4.68 Å². The van der Waals surface area contributed by atoms with Crippen molar-refractivity contribution in [1.82, 2.24) is 9.66 Å². The zero-order chi connectivity index (χ0) is 24.2. The molecule has 0 atom stereocenters. The van der Waals surface area contributed by atoms with Crippen molar-refractivity contribution in [2.24, 2.45) is 5.10 Å². The monoisotopic (exact) mass is 709 g/mol. The molecular weight excluding hydrogens is 694 g/mol. The van der Waals surface area contributed by atoms with Crippen molar-refractivity contribution < 1.29 is 4.74 Å². The summed E-state index contributed by atoms with van der Waals surface area (Å²) in [7, 11) is 0. The molecule has 0 N–H and O–H groups in total. The number of rotatable bonds is 7. The molecule has 34 heavy (non-hydrogen) atoms. The van der Waals surface area contributed by atoms with Gasteiger partial charge in [-0.1, -0.05) is 60.8 Å². The van der Waals surface area contributed by atoms with Crippen molar-refractivity contribution in [3.8, 4) is 5.75 Å². The molecular formula is C25H19Br4N3O2. The van der Waals surface area contributed by atoms with Crippen LogP contribution in [0.25, 0.3) is 10.9 Å². The minimum atomic E-state index is -0.190.